The molecule has 3 aromatic rings. The Morgan fingerprint density at radius 3 is 2.92 bits per heavy atom. The van der Waals surface area contributed by atoms with Gasteiger partial charge in [0.1, 0.15) is 5.58 Å². The van der Waals surface area contributed by atoms with Crippen molar-refractivity contribution in [3.63, 3.8) is 0 Å². The van der Waals surface area contributed by atoms with E-state index in [-0.39, 0.29) is 17.9 Å². The second-order valence-electron chi connectivity index (χ2n) is 7.00. The van der Waals surface area contributed by atoms with Gasteiger partial charge in [0.2, 0.25) is 5.91 Å². The zero-order chi connectivity index (χ0) is 18.4. The van der Waals surface area contributed by atoms with Gasteiger partial charge in [-0.05, 0) is 43.9 Å². The zero-order valence-electron chi connectivity index (χ0n) is 15.2. The molecule has 6 heteroatoms. The van der Waals surface area contributed by atoms with Gasteiger partial charge in [0, 0.05) is 23.1 Å². The van der Waals surface area contributed by atoms with Crippen molar-refractivity contribution in [2.24, 2.45) is 0 Å². The number of nitrogens with zero attached hydrogens (tertiary/aromatic N) is 2. The summed E-state index contributed by atoms with van der Waals surface area (Å²) in [6, 6.07) is 2.13. The summed E-state index contributed by atoms with van der Waals surface area (Å²) >= 11 is 0. The number of nitrogens with one attached hydrogen (secondary N) is 1. The Kier molecular flexibility index (Phi) is 3.90. The number of rotatable bonds is 2. The number of amides is 1. The molecule has 1 aliphatic rings. The third-order valence-corrected chi connectivity index (χ3v) is 5.33. The molecule has 0 bridgehead atoms. The highest BCUT2D eigenvalue weighted by Gasteiger charge is 2.25. The molecular formula is C20H21N3O3. The zero-order valence-corrected chi connectivity index (χ0v) is 15.2. The molecule has 0 unspecified atom stereocenters. The number of carbonyl (C=O) groups is 1. The molecule has 0 spiro atoms. The van der Waals surface area contributed by atoms with Crippen LogP contribution in [-0.2, 0) is 24.2 Å². The topological polar surface area (TPSA) is 79.2 Å². The van der Waals surface area contributed by atoms with Gasteiger partial charge >= 0.3 is 0 Å². The number of H-pyrrole nitrogens is 1. The Morgan fingerprint density at radius 2 is 2.12 bits per heavy atom. The molecule has 0 radical (unpaired) electrons. The molecule has 2 aromatic heterocycles. The Balaban J connectivity index is 1.61. The molecule has 26 heavy (non-hydrogen) atoms. The number of hydrogen-bond donors (Lipinski definition) is 1. The maximum Gasteiger partial charge on any atom is 0.254 e. The van der Waals surface area contributed by atoms with Gasteiger partial charge in [-0.1, -0.05) is 6.07 Å². The highest BCUT2D eigenvalue weighted by molar-refractivity contribution is 5.92. The van der Waals surface area contributed by atoms with Crippen molar-refractivity contribution in [1.29, 1.82) is 0 Å². The lowest BCUT2D eigenvalue weighted by Gasteiger charge is -2.27. The minimum atomic E-state index is -0.107. The molecule has 6 nitrogen and oxygen atoms in total. The first kappa shape index (κ1) is 16.6. The molecular weight excluding hydrogens is 330 g/mol. The molecule has 1 amide bonds. The van der Waals surface area contributed by atoms with Gasteiger partial charge in [-0.3, -0.25) is 9.59 Å². The summed E-state index contributed by atoms with van der Waals surface area (Å²) in [5, 5.41) is 1.04. The van der Waals surface area contributed by atoms with Crippen molar-refractivity contribution in [2.45, 2.75) is 40.2 Å². The first-order chi connectivity index (χ1) is 12.5. The fourth-order valence-electron chi connectivity index (χ4n) is 3.77. The van der Waals surface area contributed by atoms with E-state index in [4.69, 9.17) is 4.42 Å². The van der Waals surface area contributed by atoms with Crippen LogP contribution in [0, 0.1) is 20.8 Å². The van der Waals surface area contributed by atoms with Crippen LogP contribution in [0.3, 0.4) is 0 Å². The number of furan rings is 1. The Labute approximate surface area is 150 Å². The number of benzene rings is 1. The van der Waals surface area contributed by atoms with Crippen LogP contribution in [0.1, 0.15) is 33.5 Å². The second kappa shape index (κ2) is 6.12. The third kappa shape index (κ3) is 2.62. The predicted octanol–water partition coefficient (Wildman–Crippen LogP) is 2.57. The van der Waals surface area contributed by atoms with Crippen LogP contribution < -0.4 is 5.56 Å². The fraction of sp³-hybridized carbons (Fsp3) is 0.350. The third-order valence-electron chi connectivity index (χ3n) is 5.33. The Bertz CT molecular complexity index is 1080. The van der Waals surface area contributed by atoms with Gasteiger partial charge in [0.05, 0.1) is 31.2 Å². The quantitative estimate of drug-likeness (QED) is 0.770. The van der Waals surface area contributed by atoms with E-state index in [9.17, 15) is 9.59 Å². The van der Waals surface area contributed by atoms with Crippen molar-refractivity contribution >= 4 is 16.9 Å². The lowest BCUT2D eigenvalue weighted by Crippen LogP contribution is -2.39. The number of aryl methyl sites for hydroxylation is 3. The largest absolute Gasteiger partial charge is 0.464 e. The minimum absolute atomic E-state index is 0.0260. The van der Waals surface area contributed by atoms with E-state index in [1.54, 1.807) is 11.2 Å². The summed E-state index contributed by atoms with van der Waals surface area (Å²) < 4.78 is 5.77. The van der Waals surface area contributed by atoms with E-state index in [1.165, 1.54) is 11.9 Å². The molecule has 0 aliphatic carbocycles. The monoisotopic (exact) mass is 351 g/mol. The number of carbonyl (C=O) groups excluding carboxylic acids is 1. The molecule has 4 rings (SSSR count). The molecule has 1 aromatic carbocycles. The van der Waals surface area contributed by atoms with Crippen molar-refractivity contribution in [1.82, 2.24) is 14.9 Å². The van der Waals surface area contributed by atoms with Gasteiger partial charge in [0.15, 0.2) is 0 Å². The summed E-state index contributed by atoms with van der Waals surface area (Å²) in [6.45, 7) is 7.07. The van der Waals surface area contributed by atoms with E-state index < -0.39 is 0 Å². The molecule has 0 fully saturated rings. The summed E-state index contributed by atoms with van der Waals surface area (Å²) in [5.41, 5.74) is 6.46. The van der Waals surface area contributed by atoms with Crippen molar-refractivity contribution in [3.05, 3.63) is 62.5 Å². The van der Waals surface area contributed by atoms with Crippen LogP contribution in [0.25, 0.3) is 11.0 Å². The van der Waals surface area contributed by atoms with E-state index in [1.807, 2.05) is 13.8 Å². The van der Waals surface area contributed by atoms with Gasteiger partial charge in [-0.25, -0.2) is 4.98 Å². The average molecular weight is 351 g/mol. The van der Waals surface area contributed by atoms with Gasteiger partial charge < -0.3 is 14.3 Å². The van der Waals surface area contributed by atoms with Crippen molar-refractivity contribution < 1.29 is 9.21 Å². The summed E-state index contributed by atoms with van der Waals surface area (Å²) in [4.78, 5) is 33.3. The second-order valence-corrected chi connectivity index (χ2v) is 7.00. The highest BCUT2D eigenvalue weighted by Crippen LogP contribution is 2.30. The number of aromatic nitrogens is 2. The molecule has 0 atom stereocenters. The molecule has 134 valence electrons. The van der Waals surface area contributed by atoms with Crippen LogP contribution in [0.4, 0.5) is 0 Å². The molecule has 0 saturated carbocycles. The molecule has 3 heterocycles. The van der Waals surface area contributed by atoms with E-state index in [2.05, 4.69) is 23.0 Å². The standard InChI is InChI=1S/C20H21N3O3/c1-11-6-12(2)18-14(9-26-19(18)13(11)3)7-17(24)23-5-4-15-16(8-23)21-10-22-20(15)25/h6,9-10H,4-5,7-8H2,1-3H3,(H,21,22,25). The fourth-order valence-corrected chi connectivity index (χ4v) is 3.77. The maximum absolute atomic E-state index is 12.8. The van der Waals surface area contributed by atoms with Gasteiger partial charge in [0.25, 0.3) is 5.56 Å². The first-order valence-electron chi connectivity index (χ1n) is 8.75. The van der Waals surface area contributed by atoms with Crippen LogP contribution in [-0.4, -0.2) is 27.3 Å². The average Bonchev–Trinajstić information content (AvgIpc) is 3.04. The maximum atomic E-state index is 12.8. The van der Waals surface area contributed by atoms with Crippen LogP contribution in [0.15, 0.2) is 27.9 Å². The van der Waals surface area contributed by atoms with E-state index in [0.29, 0.717) is 30.8 Å². The van der Waals surface area contributed by atoms with Crippen molar-refractivity contribution in [3.8, 4) is 0 Å². The number of hydrogen-bond acceptors (Lipinski definition) is 4. The minimum Gasteiger partial charge on any atom is -0.464 e. The van der Waals surface area contributed by atoms with Gasteiger partial charge in [-0.2, -0.15) is 0 Å². The normalized spacial score (nSPS) is 13.9. The lowest BCUT2D eigenvalue weighted by molar-refractivity contribution is -0.131. The molecule has 1 aliphatic heterocycles. The van der Waals surface area contributed by atoms with Crippen LogP contribution >= 0.6 is 0 Å². The predicted molar refractivity (Wildman–Crippen MR) is 98.1 cm³/mol. The van der Waals surface area contributed by atoms with E-state index in [0.717, 1.165) is 27.7 Å². The first-order valence-corrected chi connectivity index (χ1v) is 8.75. The summed E-state index contributed by atoms with van der Waals surface area (Å²) in [6.07, 6.45) is 3.92. The molecule has 0 saturated heterocycles. The SMILES string of the molecule is Cc1cc(C)c2c(CC(=O)N3CCc4c(nc[nH]c4=O)C3)coc2c1C. The smallest absolute Gasteiger partial charge is 0.254 e. The van der Waals surface area contributed by atoms with Crippen molar-refractivity contribution in [2.75, 3.05) is 6.54 Å². The van der Waals surface area contributed by atoms with Gasteiger partial charge in [-0.15, -0.1) is 0 Å². The van der Waals surface area contributed by atoms with Crippen LogP contribution in [0.5, 0.6) is 0 Å². The van der Waals surface area contributed by atoms with Crippen LogP contribution in [0.2, 0.25) is 0 Å². The molecule has 1 N–H and O–H groups in total. The number of fused-ring (bicyclic) bond motifs is 2. The Morgan fingerprint density at radius 1 is 1.31 bits per heavy atom. The Hall–Kier alpha value is -2.89. The van der Waals surface area contributed by atoms with E-state index >= 15 is 0 Å². The number of aromatic amines is 1. The highest BCUT2D eigenvalue weighted by atomic mass is 16.3. The lowest BCUT2D eigenvalue weighted by atomic mass is 9.98. The summed E-state index contributed by atoms with van der Waals surface area (Å²) in [5.74, 6) is 0.0260. The summed E-state index contributed by atoms with van der Waals surface area (Å²) in [7, 11) is 0.